The van der Waals surface area contributed by atoms with Crippen LogP contribution in [0.4, 0.5) is 11.5 Å². The summed E-state index contributed by atoms with van der Waals surface area (Å²) in [6.45, 7) is 1.62. The number of H-pyrrole nitrogens is 1. The molecule has 2 rings (SSSR count). The molecule has 0 amide bonds. The van der Waals surface area contributed by atoms with Gasteiger partial charge in [-0.05, 0) is 18.6 Å². The first-order valence-corrected chi connectivity index (χ1v) is 6.84. The van der Waals surface area contributed by atoms with Gasteiger partial charge in [0.25, 0.3) is 5.56 Å². The molecule has 0 saturated heterocycles. The SMILES string of the molecule is COc1c(NCCCN(C)c2ccccc2)nc[nH]c1=O. The van der Waals surface area contributed by atoms with Gasteiger partial charge in [-0.3, -0.25) is 4.79 Å². The van der Waals surface area contributed by atoms with Crippen molar-refractivity contribution in [1.29, 1.82) is 0 Å². The lowest BCUT2D eigenvalue weighted by Gasteiger charge is -2.19. The van der Waals surface area contributed by atoms with E-state index in [0.29, 0.717) is 12.4 Å². The zero-order valence-electron chi connectivity index (χ0n) is 12.3. The third-order valence-corrected chi connectivity index (χ3v) is 3.17. The van der Waals surface area contributed by atoms with Crippen LogP contribution in [0.3, 0.4) is 0 Å². The van der Waals surface area contributed by atoms with E-state index in [1.54, 1.807) is 0 Å². The van der Waals surface area contributed by atoms with Crippen molar-refractivity contribution in [1.82, 2.24) is 9.97 Å². The predicted octanol–water partition coefficient (Wildman–Crippen LogP) is 1.72. The summed E-state index contributed by atoms with van der Waals surface area (Å²) in [7, 11) is 3.52. The molecule has 2 N–H and O–H groups in total. The highest BCUT2D eigenvalue weighted by Crippen LogP contribution is 2.14. The fourth-order valence-electron chi connectivity index (χ4n) is 2.04. The van der Waals surface area contributed by atoms with Crippen LogP contribution in [0.1, 0.15) is 6.42 Å². The zero-order valence-corrected chi connectivity index (χ0v) is 12.3. The fraction of sp³-hybridized carbons (Fsp3) is 0.333. The topological polar surface area (TPSA) is 70.2 Å². The summed E-state index contributed by atoms with van der Waals surface area (Å²) < 4.78 is 5.04. The minimum absolute atomic E-state index is 0.217. The number of nitrogens with zero attached hydrogens (tertiary/aromatic N) is 2. The molecule has 0 atom stereocenters. The van der Waals surface area contributed by atoms with Crippen molar-refractivity contribution in [3.63, 3.8) is 0 Å². The second-order valence-electron chi connectivity index (χ2n) is 4.65. The van der Waals surface area contributed by atoms with Crippen LogP contribution in [0.25, 0.3) is 0 Å². The molecule has 1 heterocycles. The van der Waals surface area contributed by atoms with Gasteiger partial charge in [0.1, 0.15) is 0 Å². The lowest BCUT2D eigenvalue weighted by atomic mass is 10.3. The van der Waals surface area contributed by atoms with Crippen LogP contribution in [0, 0.1) is 0 Å². The Kier molecular flexibility index (Phi) is 5.20. The Bertz CT molecular complexity index is 613. The highest BCUT2D eigenvalue weighted by Gasteiger charge is 2.08. The molecular formula is C15H20N4O2. The normalized spacial score (nSPS) is 10.2. The van der Waals surface area contributed by atoms with Crippen LogP contribution in [0.5, 0.6) is 5.75 Å². The Hall–Kier alpha value is -2.50. The average molecular weight is 288 g/mol. The lowest BCUT2D eigenvalue weighted by molar-refractivity contribution is 0.408. The molecule has 0 unspecified atom stereocenters. The molecule has 6 heteroatoms. The van der Waals surface area contributed by atoms with E-state index in [1.807, 2.05) is 18.2 Å². The highest BCUT2D eigenvalue weighted by atomic mass is 16.5. The summed E-state index contributed by atoms with van der Waals surface area (Å²) in [5, 5.41) is 3.13. The molecule has 0 aliphatic heterocycles. The van der Waals surface area contributed by atoms with Gasteiger partial charge in [0.05, 0.1) is 13.4 Å². The Morgan fingerprint density at radius 3 is 2.81 bits per heavy atom. The third kappa shape index (κ3) is 3.98. The first-order chi connectivity index (χ1) is 10.2. The zero-order chi connectivity index (χ0) is 15.1. The Morgan fingerprint density at radius 1 is 1.33 bits per heavy atom. The van der Waals surface area contributed by atoms with Crippen LogP contribution in [-0.2, 0) is 0 Å². The van der Waals surface area contributed by atoms with E-state index in [2.05, 4.69) is 39.4 Å². The number of para-hydroxylation sites is 1. The lowest BCUT2D eigenvalue weighted by Crippen LogP contribution is -2.21. The molecule has 0 aliphatic rings. The molecule has 1 aromatic carbocycles. The summed E-state index contributed by atoms with van der Waals surface area (Å²) in [5.74, 6) is 0.692. The first-order valence-electron chi connectivity index (χ1n) is 6.84. The van der Waals surface area contributed by atoms with Crippen LogP contribution in [0.2, 0.25) is 0 Å². The van der Waals surface area contributed by atoms with E-state index >= 15 is 0 Å². The van der Waals surface area contributed by atoms with Crippen molar-refractivity contribution >= 4 is 11.5 Å². The molecule has 112 valence electrons. The maximum absolute atomic E-state index is 11.5. The van der Waals surface area contributed by atoms with Crippen molar-refractivity contribution in [3.05, 3.63) is 47.0 Å². The number of aromatic amines is 1. The summed E-state index contributed by atoms with van der Waals surface area (Å²) in [4.78, 5) is 20.3. The maximum Gasteiger partial charge on any atom is 0.295 e. The summed E-state index contributed by atoms with van der Waals surface area (Å²) in [6.07, 6.45) is 2.28. The van der Waals surface area contributed by atoms with Crippen LogP contribution < -0.4 is 20.5 Å². The molecule has 21 heavy (non-hydrogen) atoms. The number of nitrogens with one attached hydrogen (secondary N) is 2. The minimum atomic E-state index is -0.281. The average Bonchev–Trinajstić information content (AvgIpc) is 2.52. The Balaban J connectivity index is 1.83. The van der Waals surface area contributed by atoms with Gasteiger partial charge in [-0.15, -0.1) is 0 Å². The standard InChI is InChI=1S/C15H20N4O2/c1-19(12-7-4-3-5-8-12)10-6-9-16-14-13(21-2)15(20)18-11-17-14/h3-5,7-8,11H,6,9-10H2,1-2H3,(H2,16,17,18,20). The van der Waals surface area contributed by atoms with Crippen LogP contribution in [0.15, 0.2) is 41.5 Å². The van der Waals surface area contributed by atoms with Crippen molar-refractivity contribution in [2.75, 3.05) is 37.5 Å². The monoisotopic (exact) mass is 288 g/mol. The number of hydrogen-bond donors (Lipinski definition) is 2. The number of benzene rings is 1. The first kappa shape index (κ1) is 14.9. The number of ether oxygens (including phenoxy) is 1. The Morgan fingerprint density at radius 2 is 2.10 bits per heavy atom. The summed E-state index contributed by atoms with van der Waals surface area (Å²) >= 11 is 0. The third-order valence-electron chi connectivity index (χ3n) is 3.17. The second kappa shape index (κ2) is 7.33. The van der Waals surface area contributed by atoms with Gasteiger partial charge in [-0.1, -0.05) is 18.2 Å². The van der Waals surface area contributed by atoms with Crippen molar-refractivity contribution in [2.24, 2.45) is 0 Å². The minimum Gasteiger partial charge on any atom is -0.489 e. The molecule has 1 aromatic heterocycles. The van der Waals surface area contributed by atoms with Gasteiger partial charge < -0.3 is 19.9 Å². The van der Waals surface area contributed by atoms with Crippen molar-refractivity contribution in [3.8, 4) is 5.75 Å². The van der Waals surface area contributed by atoms with Gasteiger partial charge in [0, 0.05) is 25.8 Å². The highest BCUT2D eigenvalue weighted by molar-refractivity contribution is 5.48. The molecule has 0 aliphatic carbocycles. The van der Waals surface area contributed by atoms with Gasteiger partial charge in [0.2, 0.25) is 5.75 Å². The molecule has 0 fully saturated rings. The van der Waals surface area contributed by atoms with Crippen LogP contribution >= 0.6 is 0 Å². The largest absolute Gasteiger partial charge is 0.489 e. The number of aromatic nitrogens is 2. The maximum atomic E-state index is 11.5. The second-order valence-corrected chi connectivity index (χ2v) is 4.65. The molecule has 0 radical (unpaired) electrons. The number of anilines is 2. The van der Waals surface area contributed by atoms with E-state index in [0.717, 1.165) is 13.0 Å². The number of rotatable bonds is 7. The van der Waals surface area contributed by atoms with E-state index in [9.17, 15) is 4.79 Å². The van der Waals surface area contributed by atoms with E-state index in [4.69, 9.17) is 4.74 Å². The molecule has 0 spiro atoms. The molecule has 0 bridgehead atoms. The molecule has 2 aromatic rings. The van der Waals surface area contributed by atoms with E-state index in [-0.39, 0.29) is 11.3 Å². The van der Waals surface area contributed by atoms with Crippen molar-refractivity contribution in [2.45, 2.75) is 6.42 Å². The van der Waals surface area contributed by atoms with Gasteiger partial charge in [-0.25, -0.2) is 4.98 Å². The number of methoxy groups -OCH3 is 1. The van der Waals surface area contributed by atoms with Crippen molar-refractivity contribution < 1.29 is 4.74 Å². The van der Waals surface area contributed by atoms with Crippen LogP contribution in [-0.4, -0.2) is 37.2 Å². The van der Waals surface area contributed by atoms with Gasteiger partial charge in [-0.2, -0.15) is 0 Å². The molecular weight excluding hydrogens is 268 g/mol. The fourth-order valence-corrected chi connectivity index (χ4v) is 2.04. The Labute approximate surface area is 123 Å². The number of hydrogen-bond acceptors (Lipinski definition) is 5. The smallest absolute Gasteiger partial charge is 0.295 e. The van der Waals surface area contributed by atoms with E-state index < -0.39 is 0 Å². The summed E-state index contributed by atoms with van der Waals surface area (Å²) in [5.41, 5.74) is 0.903. The quantitative estimate of drug-likeness (QED) is 0.759. The molecule has 6 nitrogen and oxygen atoms in total. The van der Waals surface area contributed by atoms with Gasteiger partial charge in [0.15, 0.2) is 5.82 Å². The van der Waals surface area contributed by atoms with Gasteiger partial charge >= 0.3 is 0 Å². The summed E-state index contributed by atoms with van der Waals surface area (Å²) in [6, 6.07) is 10.2. The predicted molar refractivity (Wildman–Crippen MR) is 84.2 cm³/mol. The molecule has 0 saturated carbocycles. The van der Waals surface area contributed by atoms with E-state index in [1.165, 1.54) is 19.1 Å².